The smallest absolute Gasteiger partial charge is 0.160 e. The topological polar surface area (TPSA) is 56.5 Å². The second-order valence-corrected chi connectivity index (χ2v) is 3.30. The molecule has 4 nitrogen and oxygen atoms in total. The van der Waals surface area contributed by atoms with Crippen LogP contribution in [0.2, 0.25) is 0 Å². The largest absolute Gasteiger partial charge is 0.463 e. The number of pyridine rings is 1. The van der Waals surface area contributed by atoms with E-state index in [-0.39, 0.29) is 0 Å². The van der Waals surface area contributed by atoms with Crippen molar-refractivity contribution in [3.8, 4) is 11.5 Å². The third-order valence-electron chi connectivity index (χ3n) is 2.29. The monoisotopic (exact) mass is 199 g/mol. The summed E-state index contributed by atoms with van der Waals surface area (Å²) in [6.07, 6.45) is 5.43. The first-order valence-electron chi connectivity index (χ1n) is 4.62. The van der Waals surface area contributed by atoms with Crippen LogP contribution in [0.1, 0.15) is 0 Å². The van der Waals surface area contributed by atoms with Crippen LogP contribution < -0.4 is 5.73 Å². The Morgan fingerprint density at radius 1 is 1.27 bits per heavy atom. The molecule has 0 aromatic carbocycles. The molecule has 15 heavy (non-hydrogen) atoms. The summed E-state index contributed by atoms with van der Waals surface area (Å²) in [6.45, 7) is 0. The van der Waals surface area contributed by atoms with Crippen LogP contribution in [0.5, 0.6) is 0 Å². The van der Waals surface area contributed by atoms with Crippen molar-refractivity contribution < 1.29 is 4.42 Å². The molecule has 0 fully saturated rings. The number of nitrogens with zero attached hydrogens (tertiary/aromatic N) is 2. The summed E-state index contributed by atoms with van der Waals surface area (Å²) in [6, 6.07) is 7.42. The van der Waals surface area contributed by atoms with Gasteiger partial charge in [0, 0.05) is 12.4 Å². The second-order valence-electron chi connectivity index (χ2n) is 3.30. The van der Waals surface area contributed by atoms with Crippen LogP contribution in [-0.2, 0) is 0 Å². The fraction of sp³-hybridized carbons (Fsp3) is 0. The highest BCUT2D eigenvalue weighted by atomic mass is 16.3. The number of nitrogens with two attached hydrogens (primary N) is 1. The van der Waals surface area contributed by atoms with Crippen molar-refractivity contribution in [1.29, 1.82) is 0 Å². The summed E-state index contributed by atoms with van der Waals surface area (Å²) in [5.74, 6) is 0.748. The minimum absolute atomic E-state index is 0.662. The molecule has 0 saturated carbocycles. The van der Waals surface area contributed by atoms with E-state index in [0.717, 1.165) is 17.1 Å². The van der Waals surface area contributed by atoms with Crippen molar-refractivity contribution in [3.05, 3.63) is 42.9 Å². The lowest BCUT2D eigenvalue weighted by Gasteiger charge is -1.94. The van der Waals surface area contributed by atoms with Crippen LogP contribution in [0.3, 0.4) is 0 Å². The van der Waals surface area contributed by atoms with E-state index in [1.54, 1.807) is 6.26 Å². The highest BCUT2D eigenvalue weighted by Crippen LogP contribution is 2.21. The zero-order valence-electron chi connectivity index (χ0n) is 7.92. The first kappa shape index (κ1) is 8.11. The van der Waals surface area contributed by atoms with Gasteiger partial charge in [0.2, 0.25) is 0 Å². The van der Waals surface area contributed by atoms with Crippen molar-refractivity contribution in [2.45, 2.75) is 0 Å². The maximum absolute atomic E-state index is 5.81. The first-order valence-corrected chi connectivity index (χ1v) is 4.62. The van der Waals surface area contributed by atoms with Crippen LogP contribution in [0.4, 0.5) is 5.69 Å². The molecule has 3 aromatic rings. The first-order chi connectivity index (χ1) is 7.34. The van der Waals surface area contributed by atoms with Crippen LogP contribution in [0, 0.1) is 0 Å². The molecule has 0 spiro atoms. The van der Waals surface area contributed by atoms with E-state index in [1.165, 1.54) is 0 Å². The van der Waals surface area contributed by atoms with Gasteiger partial charge in [-0.15, -0.1) is 0 Å². The summed E-state index contributed by atoms with van der Waals surface area (Å²) < 4.78 is 7.15. The van der Waals surface area contributed by atoms with Gasteiger partial charge in [-0.3, -0.25) is 0 Å². The molecule has 3 rings (SSSR count). The summed E-state index contributed by atoms with van der Waals surface area (Å²) in [7, 11) is 0. The molecule has 0 radical (unpaired) electrons. The third-order valence-corrected chi connectivity index (χ3v) is 2.29. The quantitative estimate of drug-likeness (QED) is 0.653. The predicted octanol–water partition coefficient (Wildman–Crippen LogP) is 2.18. The maximum atomic E-state index is 5.81. The number of fused-ring (bicyclic) bond motifs is 1. The molecule has 74 valence electrons. The van der Waals surface area contributed by atoms with Crippen molar-refractivity contribution >= 4 is 11.3 Å². The Morgan fingerprint density at radius 2 is 2.20 bits per heavy atom. The number of hydrogen-bond donors (Lipinski definition) is 1. The molecule has 0 unspecified atom stereocenters. The lowest BCUT2D eigenvalue weighted by Crippen LogP contribution is -1.90. The zero-order chi connectivity index (χ0) is 10.3. The normalized spacial score (nSPS) is 10.9. The molecule has 3 heterocycles. The molecule has 2 N–H and O–H groups in total. The highest BCUT2D eigenvalue weighted by Gasteiger charge is 2.07. The Morgan fingerprint density at radius 3 is 2.93 bits per heavy atom. The van der Waals surface area contributed by atoms with Gasteiger partial charge < -0.3 is 14.6 Å². The lowest BCUT2D eigenvalue weighted by atomic mass is 10.4. The molecule has 0 aliphatic carbocycles. The fourth-order valence-corrected chi connectivity index (χ4v) is 1.58. The SMILES string of the molecule is Nc1cccn2cc(-c3ccco3)nc12. The Hall–Kier alpha value is -2.23. The van der Waals surface area contributed by atoms with Crippen molar-refractivity contribution in [2.24, 2.45) is 0 Å². The number of aromatic nitrogens is 2. The van der Waals surface area contributed by atoms with Gasteiger partial charge >= 0.3 is 0 Å². The van der Waals surface area contributed by atoms with E-state index in [0.29, 0.717) is 5.69 Å². The van der Waals surface area contributed by atoms with Gasteiger partial charge in [-0.1, -0.05) is 0 Å². The second kappa shape index (κ2) is 2.88. The van der Waals surface area contributed by atoms with Gasteiger partial charge in [0.25, 0.3) is 0 Å². The van der Waals surface area contributed by atoms with Crippen molar-refractivity contribution in [3.63, 3.8) is 0 Å². The van der Waals surface area contributed by atoms with Crippen molar-refractivity contribution in [1.82, 2.24) is 9.38 Å². The van der Waals surface area contributed by atoms with Gasteiger partial charge in [0.05, 0.1) is 12.0 Å². The minimum atomic E-state index is 0.662. The van der Waals surface area contributed by atoms with Gasteiger partial charge in [0.1, 0.15) is 5.69 Å². The number of anilines is 1. The zero-order valence-corrected chi connectivity index (χ0v) is 7.92. The van der Waals surface area contributed by atoms with Crippen LogP contribution in [0.15, 0.2) is 47.3 Å². The predicted molar refractivity (Wildman–Crippen MR) is 57.3 cm³/mol. The minimum Gasteiger partial charge on any atom is -0.463 e. The van der Waals surface area contributed by atoms with Gasteiger partial charge in [0.15, 0.2) is 11.4 Å². The Kier molecular flexibility index (Phi) is 1.56. The van der Waals surface area contributed by atoms with E-state index in [2.05, 4.69) is 4.98 Å². The molecule has 0 aliphatic rings. The Bertz CT molecular complexity index is 595. The third kappa shape index (κ3) is 1.19. The molecule has 4 heteroatoms. The number of furan rings is 1. The summed E-state index contributed by atoms with van der Waals surface area (Å²) in [4.78, 5) is 4.40. The lowest BCUT2D eigenvalue weighted by molar-refractivity contribution is 0.580. The van der Waals surface area contributed by atoms with E-state index < -0.39 is 0 Å². The van der Waals surface area contributed by atoms with Gasteiger partial charge in [-0.2, -0.15) is 0 Å². The number of imidazole rings is 1. The number of rotatable bonds is 1. The van der Waals surface area contributed by atoms with Crippen LogP contribution >= 0.6 is 0 Å². The molecule has 0 atom stereocenters. The molecule has 0 saturated heterocycles. The van der Waals surface area contributed by atoms with E-state index >= 15 is 0 Å². The number of hydrogen-bond acceptors (Lipinski definition) is 3. The van der Waals surface area contributed by atoms with E-state index in [9.17, 15) is 0 Å². The summed E-state index contributed by atoms with van der Waals surface area (Å²) >= 11 is 0. The van der Waals surface area contributed by atoms with Crippen LogP contribution in [0.25, 0.3) is 17.1 Å². The molecule has 0 aliphatic heterocycles. The van der Waals surface area contributed by atoms with Gasteiger partial charge in [-0.05, 0) is 24.3 Å². The summed E-state index contributed by atoms with van der Waals surface area (Å²) in [5.41, 5.74) is 8.01. The molecule has 0 bridgehead atoms. The molecular weight excluding hydrogens is 190 g/mol. The number of nitrogen functional groups attached to an aromatic ring is 1. The molecule has 0 amide bonds. The van der Waals surface area contributed by atoms with Gasteiger partial charge in [-0.25, -0.2) is 4.98 Å². The van der Waals surface area contributed by atoms with Crippen molar-refractivity contribution in [2.75, 3.05) is 5.73 Å². The van der Waals surface area contributed by atoms with Crippen LogP contribution in [-0.4, -0.2) is 9.38 Å². The maximum Gasteiger partial charge on any atom is 0.160 e. The summed E-state index contributed by atoms with van der Waals surface area (Å²) in [5, 5.41) is 0. The Labute approximate surface area is 86.0 Å². The standard InChI is InChI=1S/C11H9N3O/c12-8-3-1-5-14-7-9(13-11(8)14)10-4-2-6-15-10/h1-7H,12H2. The highest BCUT2D eigenvalue weighted by molar-refractivity contribution is 5.68. The average Bonchev–Trinajstić information content (AvgIpc) is 2.86. The Balaban J connectivity index is 2.27. The fourth-order valence-electron chi connectivity index (χ4n) is 1.58. The molecular formula is C11H9N3O. The molecule has 3 aromatic heterocycles. The van der Waals surface area contributed by atoms with E-state index in [1.807, 2.05) is 41.1 Å². The average molecular weight is 199 g/mol. The van der Waals surface area contributed by atoms with E-state index in [4.69, 9.17) is 10.2 Å².